The van der Waals surface area contributed by atoms with Crippen molar-refractivity contribution in [1.82, 2.24) is 34.4 Å². The smallest absolute Gasteiger partial charge is 0.181 e. The van der Waals surface area contributed by atoms with E-state index in [0.717, 1.165) is 79.8 Å². The zero-order chi connectivity index (χ0) is 23.8. The molecule has 9 heteroatoms. The minimum atomic E-state index is 0.684. The molecule has 6 rings (SSSR count). The van der Waals surface area contributed by atoms with Crippen molar-refractivity contribution in [3.63, 3.8) is 0 Å². The molecule has 0 aliphatic carbocycles. The summed E-state index contributed by atoms with van der Waals surface area (Å²) in [7, 11) is 4.36. The average Bonchev–Trinajstić information content (AvgIpc) is 3.32. The van der Waals surface area contributed by atoms with E-state index in [1.807, 2.05) is 16.5 Å². The Hall–Kier alpha value is -3.14. The summed E-state index contributed by atoms with van der Waals surface area (Å²) >= 11 is 0. The Morgan fingerprint density at radius 2 is 1.71 bits per heavy atom. The summed E-state index contributed by atoms with van der Waals surface area (Å²) in [5.74, 6) is 0.885. The van der Waals surface area contributed by atoms with Crippen LogP contribution in [0.1, 0.15) is 18.7 Å². The number of fused-ring (bicyclic) bond motifs is 3. The quantitative estimate of drug-likeness (QED) is 0.439. The number of hydrogen-bond acceptors (Lipinski definition) is 8. The molecule has 1 aromatic carbocycles. The first kappa shape index (κ1) is 22.3. The lowest BCUT2D eigenvalue weighted by Gasteiger charge is -2.36. The van der Waals surface area contributed by atoms with Crippen molar-refractivity contribution in [2.24, 2.45) is 0 Å². The van der Waals surface area contributed by atoms with E-state index in [0.29, 0.717) is 6.04 Å². The minimum Gasteiger partial charge on any atom is -0.379 e. The molecule has 0 N–H and O–H groups in total. The lowest BCUT2D eigenvalue weighted by atomic mass is 10.0. The topological polar surface area (TPSA) is 74.9 Å². The third-order valence-electron chi connectivity index (χ3n) is 7.33. The number of anilines is 1. The highest BCUT2D eigenvalue weighted by atomic mass is 16.5. The van der Waals surface area contributed by atoms with E-state index >= 15 is 0 Å². The Balaban J connectivity index is 1.28. The highest BCUT2D eigenvalue weighted by molar-refractivity contribution is 5.77. The van der Waals surface area contributed by atoms with Crippen LogP contribution in [0.4, 0.5) is 5.69 Å². The largest absolute Gasteiger partial charge is 0.379 e. The Morgan fingerprint density at radius 3 is 2.46 bits per heavy atom. The third kappa shape index (κ3) is 4.47. The van der Waals surface area contributed by atoms with Crippen molar-refractivity contribution < 1.29 is 4.74 Å². The zero-order valence-corrected chi connectivity index (χ0v) is 20.5. The number of ether oxygens (including phenoxy) is 1. The molecule has 0 amide bonds. The first-order valence-corrected chi connectivity index (χ1v) is 12.5. The second-order valence-corrected chi connectivity index (χ2v) is 9.72. The summed E-state index contributed by atoms with van der Waals surface area (Å²) < 4.78 is 7.54. The van der Waals surface area contributed by atoms with Gasteiger partial charge in [0.1, 0.15) is 5.52 Å². The summed E-state index contributed by atoms with van der Waals surface area (Å²) in [5.41, 5.74) is 5.66. The summed E-state index contributed by atoms with van der Waals surface area (Å²) in [5, 5.41) is 8.82. The number of benzene rings is 1. The number of aromatic nitrogens is 5. The van der Waals surface area contributed by atoms with Gasteiger partial charge in [-0.1, -0.05) is 12.1 Å². The Morgan fingerprint density at radius 1 is 0.943 bits per heavy atom. The molecule has 4 aromatic rings. The van der Waals surface area contributed by atoms with E-state index in [-0.39, 0.29) is 0 Å². The van der Waals surface area contributed by atoms with Gasteiger partial charge in [-0.05, 0) is 51.2 Å². The molecule has 2 saturated heterocycles. The molecule has 3 aromatic heterocycles. The van der Waals surface area contributed by atoms with Gasteiger partial charge in [-0.3, -0.25) is 9.30 Å². The minimum absolute atomic E-state index is 0.684. The molecule has 9 nitrogen and oxygen atoms in total. The molecule has 35 heavy (non-hydrogen) atoms. The van der Waals surface area contributed by atoms with Gasteiger partial charge in [0, 0.05) is 43.5 Å². The fourth-order valence-corrected chi connectivity index (χ4v) is 5.18. The third-order valence-corrected chi connectivity index (χ3v) is 7.33. The van der Waals surface area contributed by atoms with Crippen LogP contribution in [0.15, 0.2) is 42.6 Å². The zero-order valence-electron chi connectivity index (χ0n) is 20.5. The molecule has 0 atom stereocenters. The van der Waals surface area contributed by atoms with Crippen molar-refractivity contribution in [2.75, 3.05) is 58.4 Å². The van der Waals surface area contributed by atoms with Gasteiger partial charge in [-0.25, -0.2) is 9.97 Å². The van der Waals surface area contributed by atoms with Gasteiger partial charge in [0.05, 0.1) is 31.6 Å². The molecule has 182 valence electrons. The summed E-state index contributed by atoms with van der Waals surface area (Å²) in [6.07, 6.45) is 4.18. The second-order valence-electron chi connectivity index (χ2n) is 9.72. The normalized spacial score (nSPS) is 18.2. The molecule has 2 aliphatic rings. The summed E-state index contributed by atoms with van der Waals surface area (Å²) in [6, 6.07) is 13.6. The van der Waals surface area contributed by atoms with Gasteiger partial charge in [0.2, 0.25) is 0 Å². The van der Waals surface area contributed by atoms with Crippen LogP contribution in [0.2, 0.25) is 0 Å². The highest BCUT2D eigenvalue weighted by Gasteiger charge is 2.21. The van der Waals surface area contributed by atoms with Gasteiger partial charge in [0.25, 0.3) is 0 Å². The van der Waals surface area contributed by atoms with Crippen LogP contribution in [0.25, 0.3) is 28.1 Å². The highest BCUT2D eigenvalue weighted by Crippen LogP contribution is 2.26. The van der Waals surface area contributed by atoms with E-state index in [1.165, 1.54) is 18.5 Å². The van der Waals surface area contributed by atoms with Crippen molar-refractivity contribution in [1.29, 1.82) is 0 Å². The number of piperidine rings is 1. The van der Waals surface area contributed by atoms with Crippen LogP contribution < -0.4 is 4.90 Å². The van der Waals surface area contributed by atoms with Crippen molar-refractivity contribution in [2.45, 2.75) is 25.4 Å². The lowest BCUT2D eigenvalue weighted by molar-refractivity contribution is 0.0329. The van der Waals surface area contributed by atoms with Gasteiger partial charge in [-0.15, -0.1) is 10.2 Å². The van der Waals surface area contributed by atoms with Crippen molar-refractivity contribution in [3.05, 3.63) is 48.4 Å². The second kappa shape index (κ2) is 9.49. The lowest BCUT2D eigenvalue weighted by Crippen LogP contribution is -2.41. The number of rotatable bonds is 5. The van der Waals surface area contributed by atoms with Crippen LogP contribution in [0, 0.1) is 0 Å². The molecule has 0 bridgehead atoms. The Bertz CT molecular complexity index is 1300. The SMILES string of the molecule is CN(C)C1CCN(c2ccc(-c3ccc4ncc5nnc(CN6CCOCC6)n5c4n3)cc2)CC1. The van der Waals surface area contributed by atoms with E-state index in [2.05, 4.69) is 68.2 Å². The van der Waals surface area contributed by atoms with Crippen LogP contribution >= 0.6 is 0 Å². The average molecular weight is 473 g/mol. The summed E-state index contributed by atoms with van der Waals surface area (Å²) in [6.45, 7) is 6.22. The maximum absolute atomic E-state index is 5.49. The molecule has 5 heterocycles. The predicted molar refractivity (Wildman–Crippen MR) is 137 cm³/mol. The molecular formula is C26H32N8O. The van der Waals surface area contributed by atoms with Gasteiger partial charge < -0.3 is 14.5 Å². The molecule has 0 saturated carbocycles. The molecule has 0 radical (unpaired) electrons. The van der Waals surface area contributed by atoms with Gasteiger partial charge in [0.15, 0.2) is 17.1 Å². The fourth-order valence-electron chi connectivity index (χ4n) is 5.18. The fraction of sp³-hybridized carbons (Fsp3) is 0.462. The molecule has 0 unspecified atom stereocenters. The predicted octanol–water partition coefficient (Wildman–Crippen LogP) is 2.70. The van der Waals surface area contributed by atoms with Crippen molar-refractivity contribution in [3.8, 4) is 11.3 Å². The van der Waals surface area contributed by atoms with Crippen LogP contribution in [-0.4, -0.2) is 93.9 Å². The molecule has 0 spiro atoms. The number of morpholine rings is 1. The maximum Gasteiger partial charge on any atom is 0.181 e. The van der Waals surface area contributed by atoms with Gasteiger partial charge in [-0.2, -0.15) is 0 Å². The van der Waals surface area contributed by atoms with Crippen molar-refractivity contribution >= 4 is 22.5 Å². The molecule has 2 aliphatic heterocycles. The number of pyridine rings is 1. The van der Waals surface area contributed by atoms with E-state index < -0.39 is 0 Å². The Kier molecular flexibility index (Phi) is 6.05. The Labute approximate surface area is 205 Å². The first-order valence-electron chi connectivity index (χ1n) is 12.5. The van der Waals surface area contributed by atoms with Crippen LogP contribution in [0.5, 0.6) is 0 Å². The van der Waals surface area contributed by atoms with E-state index in [9.17, 15) is 0 Å². The maximum atomic E-state index is 5.49. The van der Waals surface area contributed by atoms with Gasteiger partial charge >= 0.3 is 0 Å². The van der Waals surface area contributed by atoms with Crippen LogP contribution in [0.3, 0.4) is 0 Å². The molecule has 2 fully saturated rings. The van der Waals surface area contributed by atoms with E-state index in [4.69, 9.17) is 9.72 Å². The monoisotopic (exact) mass is 472 g/mol. The standard InChI is InChI=1S/C26H32N8O/c1-31(2)20-9-11-33(12-10-20)21-5-3-19(4-6-21)22-7-8-23-26(28-22)34-24(17-27-23)29-30-25(34)18-32-13-15-35-16-14-32/h3-8,17,20H,9-16,18H2,1-2H3. The van der Waals surface area contributed by atoms with E-state index in [1.54, 1.807) is 6.20 Å². The van der Waals surface area contributed by atoms with Crippen LogP contribution in [-0.2, 0) is 11.3 Å². The molecular weight excluding hydrogens is 440 g/mol. The number of hydrogen-bond donors (Lipinski definition) is 0. The number of nitrogens with zero attached hydrogens (tertiary/aromatic N) is 8. The first-order chi connectivity index (χ1) is 17.2. The summed E-state index contributed by atoms with van der Waals surface area (Å²) in [4.78, 5) is 16.8.